The number of fused-ring (bicyclic) bond motifs is 2. The summed E-state index contributed by atoms with van der Waals surface area (Å²) in [6, 6.07) is 1.59. The Morgan fingerprint density at radius 1 is 1.33 bits per heavy atom. The number of nitrogens with zero attached hydrogens (tertiary/aromatic N) is 1. The van der Waals surface area contributed by atoms with E-state index >= 15 is 0 Å². The number of amides is 1. The first-order valence-electron chi connectivity index (χ1n) is 7.33. The quantitative estimate of drug-likeness (QED) is 0.838. The van der Waals surface area contributed by atoms with E-state index in [2.05, 4.69) is 12.2 Å². The van der Waals surface area contributed by atoms with E-state index in [4.69, 9.17) is 4.74 Å². The maximum Gasteiger partial charge on any atom is 0.410 e. The Labute approximate surface area is 110 Å². The summed E-state index contributed by atoms with van der Waals surface area (Å²) >= 11 is 0. The molecule has 1 N–H and O–H groups in total. The predicted molar refractivity (Wildman–Crippen MR) is 71.6 cm³/mol. The first kappa shape index (κ1) is 13.7. The van der Waals surface area contributed by atoms with Crippen LogP contribution in [-0.4, -0.2) is 41.8 Å². The molecule has 2 unspecified atom stereocenters. The van der Waals surface area contributed by atoms with Crippen LogP contribution in [0.15, 0.2) is 0 Å². The van der Waals surface area contributed by atoms with Crippen molar-refractivity contribution in [1.29, 1.82) is 0 Å². The van der Waals surface area contributed by atoms with Crippen molar-refractivity contribution in [2.45, 2.75) is 77.1 Å². The first-order valence-corrected chi connectivity index (χ1v) is 7.33. The largest absolute Gasteiger partial charge is 0.447 e. The molecule has 2 aliphatic heterocycles. The van der Waals surface area contributed by atoms with Gasteiger partial charge in [-0.25, -0.2) is 4.79 Å². The highest BCUT2D eigenvalue weighted by atomic mass is 16.6. The smallest absolute Gasteiger partial charge is 0.410 e. The van der Waals surface area contributed by atoms with Crippen molar-refractivity contribution < 1.29 is 9.53 Å². The minimum Gasteiger partial charge on any atom is -0.447 e. The molecule has 4 heteroatoms. The van der Waals surface area contributed by atoms with Gasteiger partial charge in [-0.3, -0.25) is 0 Å². The monoisotopic (exact) mass is 254 g/mol. The number of carbonyl (C=O) groups excluding carboxylic acids is 1. The Morgan fingerprint density at radius 2 is 1.94 bits per heavy atom. The molecule has 0 spiro atoms. The van der Waals surface area contributed by atoms with E-state index in [1.54, 1.807) is 0 Å². The molecular formula is C14H26N2O2. The van der Waals surface area contributed by atoms with E-state index in [1.165, 1.54) is 12.8 Å². The standard InChI is InChI=1S/C14H26N2O2/c1-4-7-16(14(17)18-10(2)3)13-8-11-5-6-12(9-13)15-11/h10-13,15H,4-9H2,1-3H3. The van der Waals surface area contributed by atoms with Gasteiger partial charge < -0.3 is 15.0 Å². The second kappa shape index (κ2) is 5.91. The zero-order valence-corrected chi connectivity index (χ0v) is 11.8. The number of carbonyl (C=O) groups is 1. The number of ether oxygens (including phenoxy) is 1. The third-order valence-electron chi connectivity index (χ3n) is 3.92. The summed E-state index contributed by atoms with van der Waals surface area (Å²) in [6.07, 6.45) is 5.54. The van der Waals surface area contributed by atoms with Gasteiger partial charge in [0.25, 0.3) is 0 Å². The lowest BCUT2D eigenvalue weighted by molar-refractivity contribution is 0.0536. The molecule has 0 aromatic carbocycles. The summed E-state index contributed by atoms with van der Waals surface area (Å²) in [6.45, 7) is 6.75. The van der Waals surface area contributed by atoms with E-state index in [0.29, 0.717) is 18.1 Å². The average Bonchev–Trinajstić information content (AvgIpc) is 2.64. The first-order chi connectivity index (χ1) is 8.60. The Hall–Kier alpha value is -0.770. The topological polar surface area (TPSA) is 41.6 Å². The fourth-order valence-electron chi connectivity index (χ4n) is 3.21. The molecule has 2 aliphatic rings. The Kier molecular flexibility index (Phi) is 4.49. The third-order valence-corrected chi connectivity index (χ3v) is 3.92. The van der Waals surface area contributed by atoms with E-state index < -0.39 is 0 Å². The maximum atomic E-state index is 12.2. The highest BCUT2D eigenvalue weighted by Crippen LogP contribution is 2.30. The number of hydrogen-bond donors (Lipinski definition) is 1. The van der Waals surface area contributed by atoms with Crippen molar-refractivity contribution >= 4 is 6.09 Å². The molecule has 104 valence electrons. The van der Waals surface area contributed by atoms with Gasteiger partial charge >= 0.3 is 6.09 Å². The van der Waals surface area contributed by atoms with E-state index in [9.17, 15) is 4.79 Å². The summed E-state index contributed by atoms with van der Waals surface area (Å²) in [4.78, 5) is 14.1. The lowest BCUT2D eigenvalue weighted by atomic mass is 9.98. The average molecular weight is 254 g/mol. The Bertz CT molecular complexity index is 282. The van der Waals surface area contributed by atoms with Gasteiger partial charge in [-0.1, -0.05) is 6.92 Å². The van der Waals surface area contributed by atoms with Crippen molar-refractivity contribution in [3.63, 3.8) is 0 Å². The van der Waals surface area contributed by atoms with Crippen LogP contribution >= 0.6 is 0 Å². The zero-order valence-electron chi connectivity index (χ0n) is 11.8. The fraction of sp³-hybridized carbons (Fsp3) is 0.929. The van der Waals surface area contributed by atoms with Gasteiger partial charge in [0.2, 0.25) is 0 Å². The highest BCUT2D eigenvalue weighted by Gasteiger charge is 2.37. The summed E-state index contributed by atoms with van der Waals surface area (Å²) < 4.78 is 5.38. The molecule has 18 heavy (non-hydrogen) atoms. The number of piperidine rings is 1. The van der Waals surface area contributed by atoms with Crippen molar-refractivity contribution in [1.82, 2.24) is 10.2 Å². The highest BCUT2D eigenvalue weighted by molar-refractivity contribution is 5.68. The molecule has 2 rings (SSSR count). The minimum absolute atomic E-state index is 0.0321. The van der Waals surface area contributed by atoms with Crippen LogP contribution in [0.3, 0.4) is 0 Å². The van der Waals surface area contributed by atoms with Crippen LogP contribution in [0, 0.1) is 0 Å². The van der Waals surface area contributed by atoms with Gasteiger partial charge in [-0.2, -0.15) is 0 Å². The molecule has 0 saturated carbocycles. The molecule has 2 heterocycles. The molecule has 0 aromatic heterocycles. The Balaban J connectivity index is 1.98. The lowest BCUT2D eigenvalue weighted by Crippen LogP contribution is -2.50. The second-order valence-electron chi connectivity index (χ2n) is 5.89. The van der Waals surface area contributed by atoms with Crippen molar-refractivity contribution in [3.05, 3.63) is 0 Å². The summed E-state index contributed by atoms with van der Waals surface area (Å²) in [5.41, 5.74) is 0. The molecule has 4 nitrogen and oxygen atoms in total. The van der Waals surface area contributed by atoms with E-state index in [-0.39, 0.29) is 12.2 Å². The number of nitrogens with one attached hydrogen (secondary N) is 1. The molecular weight excluding hydrogens is 228 g/mol. The van der Waals surface area contributed by atoms with Gasteiger partial charge in [-0.05, 0) is 46.0 Å². The summed E-state index contributed by atoms with van der Waals surface area (Å²) in [5.74, 6) is 0. The van der Waals surface area contributed by atoms with Crippen LogP contribution < -0.4 is 5.32 Å². The van der Waals surface area contributed by atoms with E-state index in [1.807, 2.05) is 18.7 Å². The van der Waals surface area contributed by atoms with Gasteiger partial charge in [0.05, 0.1) is 6.10 Å². The van der Waals surface area contributed by atoms with Crippen molar-refractivity contribution in [2.24, 2.45) is 0 Å². The predicted octanol–water partition coefficient (Wildman–Crippen LogP) is 2.53. The molecule has 2 fully saturated rings. The molecule has 2 saturated heterocycles. The molecule has 0 aromatic rings. The number of rotatable bonds is 4. The SMILES string of the molecule is CCCN(C(=O)OC(C)C)C1CC2CCC(C1)N2. The normalized spacial score (nSPS) is 30.6. The Morgan fingerprint density at radius 3 is 2.44 bits per heavy atom. The maximum absolute atomic E-state index is 12.2. The van der Waals surface area contributed by atoms with Crippen LogP contribution in [0.5, 0.6) is 0 Å². The van der Waals surface area contributed by atoms with Gasteiger partial charge in [0.1, 0.15) is 0 Å². The number of hydrogen-bond acceptors (Lipinski definition) is 3. The van der Waals surface area contributed by atoms with Gasteiger partial charge in [0.15, 0.2) is 0 Å². The molecule has 2 bridgehead atoms. The van der Waals surface area contributed by atoms with Crippen LogP contribution in [0.25, 0.3) is 0 Å². The minimum atomic E-state index is -0.127. The van der Waals surface area contributed by atoms with Crippen LogP contribution in [0.2, 0.25) is 0 Å². The van der Waals surface area contributed by atoms with Crippen LogP contribution in [0.4, 0.5) is 4.79 Å². The molecule has 0 radical (unpaired) electrons. The van der Waals surface area contributed by atoms with E-state index in [0.717, 1.165) is 25.8 Å². The van der Waals surface area contributed by atoms with Crippen LogP contribution in [0.1, 0.15) is 52.9 Å². The van der Waals surface area contributed by atoms with Crippen molar-refractivity contribution in [2.75, 3.05) is 6.54 Å². The van der Waals surface area contributed by atoms with Crippen molar-refractivity contribution in [3.8, 4) is 0 Å². The third kappa shape index (κ3) is 3.16. The van der Waals surface area contributed by atoms with Gasteiger partial charge in [0, 0.05) is 24.7 Å². The molecule has 1 amide bonds. The molecule has 2 atom stereocenters. The zero-order chi connectivity index (χ0) is 13.1. The second-order valence-corrected chi connectivity index (χ2v) is 5.89. The summed E-state index contributed by atoms with van der Waals surface area (Å²) in [7, 11) is 0. The van der Waals surface area contributed by atoms with Gasteiger partial charge in [-0.15, -0.1) is 0 Å². The molecule has 0 aliphatic carbocycles. The fourth-order valence-corrected chi connectivity index (χ4v) is 3.21. The lowest BCUT2D eigenvalue weighted by Gasteiger charge is -2.37. The summed E-state index contributed by atoms with van der Waals surface area (Å²) in [5, 5.41) is 3.62. The van der Waals surface area contributed by atoms with Crippen LogP contribution in [-0.2, 0) is 4.74 Å².